The van der Waals surface area contributed by atoms with Crippen molar-refractivity contribution in [2.24, 2.45) is 23.7 Å². The van der Waals surface area contributed by atoms with Crippen LogP contribution in [0.1, 0.15) is 35.4 Å². The Morgan fingerprint density at radius 1 is 0.760 bits per heavy atom. The molecule has 4 aromatic carbocycles. The van der Waals surface area contributed by atoms with Gasteiger partial charge in [-0.2, -0.15) is 0 Å². The molecule has 8 nitrogen and oxygen atoms in total. The van der Waals surface area contributed by atoms with Gasteiger partial charge >= 0.3 is 0 Å². The van der Waals surface area contributed by atoms with Crippen LogP contribution in [-0.4, -0.2) is 45.3 Å². The molecule has 0 spiro atoms. The summed E-state index contributed by atoms with van der Waals surface area (Å²) in [6.07, 6.45) is 2.86. The van der Waals surface area contributed by atoms with Crippen molar-refractivity contribution in [2.45, 2.75) is 30.6 Å². The van der Waals surface area contributed by atoms with Crippen molar-refractivity contribution in [1.82, 2.24) is 4.90 Å². The van der Waals surface area contributed by atoms with Crippen molar-refractivity contribution in [1.29, 1.82) is 0 Å². The van der Waals surface area contributed by atoms with Gasteiger partial charge in [-0.05, 0) is 84.3 Å². The minimum absolute atomic E-state index is 0.0516. The van der Waals surface area contributed by atoms with Crippen LogP contribution in [0, 0.1) is 23.7 Å². The number of phenols is 2. The van der Waals surface area contributed by atoms with E-state index in [-0.39, 0.29) is 41.3 Å². The minimum atomic E-state index is -1.46. The van der Waals surface area contributed by atoms with Crippen molar-refractivity contribution < 1.29 is 29.4 Å². The molecular weight excluding hydrogens is 675 g/mol. The average Bonchev–Trinajstić information content (AvgIpc) is 3.49. The maximum Gasteiger partial charge on any atom is 0.246 e. The summed E-state index contributed by atoms with van der Waals surface area (Å²) in [4.78, 5) is 60.8. The number of carbonyl (C=O) groups excluding carboxylic acids is 4. The molecule has 0 unspecified atom stereocenters. The molecule has 0 aromatic heterocycles. The fourth-order valence-electron chi connectivity index (χ4n) is 9.03. The van der Waals surface area contributed by atoms with Crippen LogP contribution >= 0.6 is 23.2 Å². The maximum absolute atomic E-state index is 15.3. The van der Waals surface area contributed by atoms with Crippen LogP contribution in [0.4, 0.5) is 5.69 Å². The number of aromatic hydroxyl groups is 2. The molecule has 10 heteroatoms. The van der Waals surface area contributed by atoms with Crippen LogP contribution in [0.3, 0.4) is 0 Å². The molecule has 0 radical (unpaired) electrons. The second-order valence-corrected chi connectivity index (χ2v) is 14.4. The zero-order valence-electron chi connectivity index (χ0n) is 26.7. The second kappa shape index (κ2) is 12.1. The summed E-state index contributed by atoms with van der Waals surface area (Å²) in [5, 5.41) is 20.6. The second-order valence-electron chi connectivity index (χ2n) is 13.5. The quantitative estimate of drug-likeness (QED) is 0.168. The normalized spacial score (nSPS) is 27.2. The molecule has 2 aliphatic carbocycles. The van der Waals surface area contributed by atoms with E-state index in [0.29, 0.717) is 34.7 Å². The van der Waals surface area contributed by atoms with Crippen molar-refractivity contribution in [3.63, 3.8) is 0 Å². The van der Waals surface area contributed by atoms with E-state index in [2.05, 4.69) is 0 Å². The Morgan fingerprint density at radius 2 is 1.50 bits per heavy atom. The van der Waals surface area contributed by atoms with E-state index >= 15 is 4.79 Å². The molecule has 1 saturated carbocycles. The number of phenolic OH excluding ortho intramolecular Hbond substituents is 2. The van der Waals surface area contributed by atoms with Crippen LogP contribution in [0.2, 0.25) is 10.0 Å². The van der Waals surface area contributed by atoms with Crippen LogP contribution in [0.25, 0.3) is 0 Å². The predicted octanol–water partition coefficient (Wildman–Crippen LogP) is 6.81. The molecule has 2 heterocycles. The van der Waals surface area contributed by atoms with Crippen molar-refractivity contribution in [3.8, 4) is 11.5 Å². The fraction of sp³-hybridized carbons (Fsp3) is 0.250. The van der Waals surface area contributed by atoms with Crippen LogP contribution in [0.5, 0.6) is 11.5 Å². The number of hydrogen-bond acceptors (Lipinski definition) is 6. The van der Waals surface area contributed by atoms with Crippen molar-refractivity contribution in [2.75, 3.05) is 11.4 Å². The van der Waals surface area contributed by atoms with Gasteiger partial charge in [0, 0.05) is 22.5 Å². The standard InChI is InChI=1S/C40H32Cl2N2O6/c41-24-7-4-8-25(19-24)44-37(48)32-21-31-28(15-16-30-34(31)38(49)43(36(30)47)18-17-22-9-11-26(45)12-10-22)35(29-14-13-27(46)20-33(29)42)40(32,39(44)50)23-5-2-1-3-6-23/h1-15,19-20,30-32,34-35,45-46H,16-18,21H2/t30-,31+,32-,34-,35+,40+/m0/s1. The summed E-state index contributed by atoms with van der Waals surface area (Å²) in [6, 6.07) is 27.1. The number of amides is 4. The Kier molecular flexibility index (Phi) is 7.84. The molecule has 2 aliphatic heterocycles. The lowest BCUT2D eigenvalue weighted by Gasteiger charge is -2.51. The molecule has 6 atom stereocenters. The highest BCUT2D eigenvalue weighted by molar-refractivity contribution is 6.33. The van der Waals surface area contributed by atoms with Gasteiger partial charge in [-0.25, -0.2) is 4.90 Å². The van der Waals surface area contributed by atoms with Gasteiger partial charge in [-0.1, -0.05) is 89.4 Å². The molecule has 0 bridgehead atoms. The first-order valence-electron chi connectivity index (χ1n) is 16.6. The molecule has 4 aromatic rings. The molecule has 252 valence electrons. The smallest absolute Gasteiger partial charge is 0.246 e. The van der Waals surface area contributed by atoms with Gasteiger partial charge in [-0.15, -0.1) is 0 Å². The van der Waals surface area contributed by atoms with Gasteiger partial charge in [0.05, 0.1) is 28.9 Å². The van der Waals surface area contributed by atoms with E-state index in [4.69, 9.17) is 23.2 Å². The number of rotatable bonds is 6. The zero-order valence-corrected chi connectivity index (χ0v) is 28.2. The van der Waals surface area contributed by atoms with E-state index in [1.54, 1.807) is 54.6 Å². The lowest BCUT2D eigenvalue weighted by Crippen LogP contribution is -2.53. The van der Waals surface area contributed by atoms with Gasteiger partial charge in [0.2, 0.25) is 23.6 Å². The molecule has 2 N–H and O–H groups in total. The SMILES string of the molecule is O=C1[C@H]2[C@H](CC=C3[C@H]2C[C@H]2C(=O)N(c4cccc(Cl)c4)C(=O)[C@@]2(c2ccccc2)[C@H]3c2ccc(O)cc2Cl)C(=O)N1CCc1ccc(O)cc1. The lowest BCUT2D eigenvalue weighted by atomic mass is 9.49. The first-order valence-corrected chi connectivity index (χ1v) is 17.4. The highest BCUT2D eigenvalue weighted by Crippen LogP contribution is 2.65. The third-order valence-corrected chi connectivity index (χ3v) is 11.7. The number of anilines is 1. The number of carbonyl (C=O) groups is 4. The van der Waals surface area contributed by atoms with Gasteiger partial charge < -0.3 is 10.2 Å². The minimum Gasteiger partial charge on any atom is -0.508 e. The van der Waals surface area contributed by atoms with Crippen molar-refractivity contribution in [3.05, 3.63) is 135 Å². The highest BCUT2D eigenvalue weighted by atomic mass is 35.5. The topological polar surface area (TPSA) is 115 Å². The van der Waals surface area contributed by atoms with Gasteiger partial charge in [0.15, 0.2) is 0 Å². The van der Waals surface area contributed by atoms with E-state index in [9.17, 15) is 24.6 Å². The van der Waals surface area contributed by atoms with Crippen LogP contribution in [-0.2, 0) is 31.0 Å². The first kappa shape index (κ1) is 32.3. The van der Waals surface area contributed by atoms with E-state index in [1.807, 2.05) is 36.4 Å². The molecule has 3 fully saturated rings. The summed E-state index contributed by atoms with van der Waals surface area (Å²) in [7, 11) is 0. The molecular formula is C40H32Cl2N2O6. The van der Waals surface area contributed by atoms with E-state index < -0.39 is 46.8 Å². The number of nitrogens with zero attached hydrogens (tertiary/aromatic N) is 2. The van der Waals surface area contributed by atoms with Gasteiger partial charge in [0.1, 0.15) is 11.5 Å². The molecule has 2 saturated heterocycles. The molecule has 4 amide bonds. The predicted molar refractivity (Wildman–Crippen MR) is 188 cm³/mol. The zero-order chi connectivity index (χ0) is 34.9. The monoisotopic (exact) mass is 706 g/mol. The Labute approximate surface area is 298 Å². The molecule has 8 rings (SSSR count). The summed E-state index contributed by atoms with van der Waals surface area (Å²) >= 11 is 13.3. The van der Waals surface area contributed by atoms with Gasteiger partial charge in [-0.3, -0.25) is 24.1 Å². The van der Waals surface area contributed by atoms with Crippen molar-refractivity contribution >= 4 is 52.5 Å². The Morgan fingerprint density at radius 3 is 2.22 bits per heavy atom. The number of fused-ring (bicyclic) bond motifs is 4. The summed E-state index contributed by atoms with van der Waals surface area (Å²) < 4.78 is 0. The van der Waals surface area contributed by atoms with E-state index in [0.717, 1.165) is 11.1 Å². The summed E-state index contributed by atoms with van der Waals surface area (Å²) in [5.41, 5.74) is 1.72. The van der Waals surface area contributed by atoms with Crippen LogP contribution in [0.15, 0.2) is 109 Å². The lowest BCUT2D eigenvalue weighted by molar-refractivity contribution is -0.140. The van der Waals surface area contributed by atoms with Crippen LogP contribution < -0.4 is 4.90 Å². The largest absolute Gasteiger partial charge is 0.508 e. The number of halogens is 2. The molecule has 4 aliphatic rings. The number of hydrogen-bond donors (Lipinski definition) is 2. The number of benzene rings is 4. The number of likely N-dealkylation sites (tertiary alicyclic amines) is 1. The Balaban J connectivity index is 1.28. The fourth-order valence-corrected chi connectivity index (χ4v) is 9.50. The number of allylic oxidation sites excluding steroid dienone is 2. The summed E-state index contributed by atoms with van der Waals surface area (Å²) in [6.45, 7) is 0.183. The summed E-state index contributed by atoms with van der Waals surface area (Å²) in [5.74, 6) is -4.87. The average molecular weight is 708 g/mol. The first-order chi connectivity index (χ1) is 24.1. The number of imide groups is 2. The third kappa shape index (κ3) is 4.80. The van der Waals surface area contributed by atoms with E-state index in [1.165, 1.54) is 21.9 Å². The molecule has 50 heavy (non-hydrogen) atoms. The highest BCUT2D eigenvalue weighted by Gasteiger charge is 2.70. The maximum atomic E-state index is 15.3. The van der Waals surface area contributed by atoms with Gasteiger partial charge in [0.25, 0.3) is 0 Å². The Hall–Kier alpha value is -4.92. The third-order valence-electron chi connectivity index (χ3n) is 11.1. The Bertz CT molecular complexity index is 2100.